The molecule has 204 valence electrons. The number of carbonyl (C=O) groups excluding carboxylic acids is 1. The summed E-state index contributed by atoms with van der Waals surface area (Å²) in [6.07, 6.45) is -2.43. The molecule has 1 saturated heterocycles. The molecule has 0 aromatic carbocycles. The zero-order valence-electron chi connectivity index (χ0n) is 20.6. The van der Waals surface area contributed by atoms with Gasteiger partial charge in [-0.1, -0.05) is 20.8 Å². The van der Waals surface area contributed by atoms with E-state index in [4.69, 9.17) is 30.9 Å². The van der Waals surface area contributed by atoms with Crippen molar-refractivity contribution in [3.8, 4) is 0 Å². The summed E-state index contributed by atoms with van der Waals surface area (Å²) in [5, 5.41) is 23.3. The summed E-state index contributed by atoms with van der Waals surface area (Å²) in [6.45, 7) is 6.60. The minimum absolute atomic E-state index is 0.0115. The molecule has 2 bridgehead atoms. The van der Waals surface area contributed by atoms with Crippen LogP contribution in [0.25, 0.3) is 11.2 Å². The van der Waals surface area contributed by atoms with Gasteiger partial charge in [0.1, 0.15) is 18.3 Å². The van der Waals surface area contributed by atoms with Crippen molar-refractivity contribution in [1.82, 2.24) is 19.5 Å². The minimum Gasteiger partial charge on any atom is -0.445 e. The van der Waals surface area contributed by atoms with Crippen LogP contribution in [0.1, 0.15) is 52.7 Å². The number of anilines is 1. The Kier molecular flexibility index (Phi) is 6.59. The Morgan fingerprint density at radius 3 is 2.65 bits per heavy atom. The standard InChI is InChI=1S/C22H31ClN5O8P/c1-21(2)10-4-6-22(21,3)12(8-10)36-20(31)26-16-13-17(27-19(23)25-16)28(9-24-13)18-15(30)14(29)11(35-18)5-7-37(32,33)34/h9-12,14-15,18,29-30H,4-8H2,1-3H3,(H2,32,33,34)(H,25,26,27,31)/t10-,11-,12?,14?,15?,18-,22+/m1/s1. The molecule has 7 atom stereocenters. The highest BCUT2D eigenvalue weighted by Gasteiger charge is 2.63. The minimum atomic E-state index is -4.32. The van der Waals surface area contributed by atoms with E-state index >= 15 is 0 Å². The molecule has 3 unspecified atom stereocenters. The summed E-state index contributed by atoms with van der Waals surface area (Å²) >= 11 is 6.12. The summed E-state index contributed by atoms with van der Waals surface area (Å²) < 4.78 is 24.1. The molecular weight excluding hydrogens is 529 g/mol. The van der Waals surface area contributed by atoms with Crippen molar-refractivity contribution in [2.24, 2.45) is 16.7 Å². The quantitative estimate of drug-likeness (QED) is 0.258. The Morgan fingerprint density at radius 2 is 2.03 bits per heavy atom. The molecule has 37 heavy (non-hydrogen) atoms. The van der Waals surface area contributed by atoms with Crippen LogP contribution in [0.4, 0.5) is 10.6 Å². The van der Waals surface area contributed by atoms with Gasteiger partial charge in [0.2, 0.25) is 5.28 Å². The van der Waals surface area contributed by atoms with E-state index in [0.717, 1.165) is 19.3 Å². The van der Waals surface area contributed by atoms with Crippen molar-refractivity contribution in [1.29, 1.82) is 0 Å². The maximum Gasteiger partial charge on any atom is 0.413 e. The maximum absolute atomic E-state index is 12.9. The molecule has 3 fully saturated rings. The molecule has 2 aliphatic carbocycles. The largest absolute Gasteiger partial charge is 0.445 e. The van der Waals surface area contributed by atoms with Gasteiger partial charge in [0.15, 0.2) is 23.2 Å². The first-order valence-electron chi connectivity index (χ1n) is 12.1. The van der Waals surface area contributed by atoms with E-state index in [9.17, 15) is 19.6 Å². The second kappa shape index (κ2) is 9.11. The lowest BCUT2D eigenvalue weighted by molar-refractivity contribution is -0.0355. The lowest BCUT2D eigenvalue weighted by Crippen LogP contribution is -2.39. The smallest absolute Gasteiger partial charge is 0.413 e. The number of aromatic nitrogens is 4. The number of rotatable bonds is 6. The summed E-state index contributed by atoms with van der Waals surface area (Å²) in [6, 6.07) is 0. The third kappa shape index (κ3) is 4.54. The average Bonchev–Trinajstić information content (AvgIpc) is 3.45. The molecule has 5 rings (SSSR count). The first kappa shape index (κ1) is 26.7. The summed E-state index contributed by atoms with van der Waals surface area (Å²) in [5.74, 6) is 0.502. The Morgan fingerprint density at radius 1 is 1.30 bits per heavy atom. The lowest BCUT2D eigenvalue weighted by Gasteiger charge is -2.38. The molecule has 0 radical (unpaired) electrons. The predicted molar refractivity (Wildman–Crippen MR) is 131 cm³/mol. The first-order chi connectivity index (χ1) is 17.2. The van der Waals surface area contributed by atoms with E-state index in [1.807, 2.05) is 0 Å². The monoisotopic (exact) mass is 559 g/mol. The van der Waals surface area contributed by atoms with Crippen molar-refractivity contribution < 1.29 is 38.8 Å². The highest BCUT2D eigenvalue weighted by Crippen LogP contribution is 2.66. The van der Waals surface area contributed by atoms with Gasteiger partial charge in [-0.05, 0) is 48.6 Å². The average molecular weight is 560 g/mol. The second-order valence-electron chi connectivity index (χ2n) is 11.0. The summed E-state index contributed by atoms with van der Waals surface area (Å²) in [7, 11) is -4.32. The Labute approximate surface area is 217 Å². The molecule has 2 aromatic rings. The van der Waals surface area contributed by atoms with Gasteiger partial charge < -0.3 is 29.5 Å². The molecule has 13 nitrogen and oxygen atoms in total. The zero-order chi connectivity index (χ0) is 26.9. The number of carbonyl (C=O) groups is 1. The first-order valence-corrected chi connectivity index (χ1v) is 14.3. The van der Waals surface area contributed by atoms with Crippen molar-refractivity contribution in [3.05, 3.63) is 11.6 Å². The van der Waals surface area contributed by atoms with Gasteiger partial charge in [-0.25, -0.2) is 9.78 Å². The second-order valence-corrected chi connectivity index (χ2v) is 13.1. The number of amides is 1. The highest BCUT2D eigenvalue weighted by atomic mass is 35.5. The Bertz CT molecular complexity index is 1270. The van der Waals surface area contributed by atoms with Crippen LogP contribution in [0, 0.1) is 16.7 Å². The normalized spacial score (nSPS) is 34.8. The number of aliphatic hydroxyl groups excluding tert-OH is 2. The van der Waals surface area contributed by atoms with Crippen LogP contribution in [0.15, 0.2) is 6.33 Å². The van der Waals surface area contributed by atoms with Gasteiger partial charge in [0, 0.05) is 5.41 Å². The Balaban J connectivity index is 1.34. The van der Waals surface area contributed by atoms with Crippen LogP contribution in [-0.2, 0) is 14.0 Å². The molecular formula is C22H31ClN5O8P. The fourth-order valence-electron chi connectivity index (χ4n) is 6.22. The summed E-state index contributed by atoms with van der Waals surface area (Å²) in [4.78, 5) is 43.6. The molecule has 1 aliphatic heterocycles. The van der Waals surface area contributed by atoms with Crippen molar-refractivity contribution >= 4 is 42.3 Å². The van der Waals surface area contributed by atoms with Gasteiger partial charge in [0.25, 0.3) is 0 Å². The molecule has 15 heteroatoms. The third-order valence-electron chi connectivity index (χ3n) is 8.89. The lowest BCUT2D eigenvalue weighted by atomic mass is 9.70. The molecule has 1 amide bonds. The fraction of sp³-hybridized carbons (Fsp3) is 0.727. The van der Waals surface area contributed by atoms with Crippen LogP contribution in [0.5, 0.6) is 0 Å². The molecule has 3 heterocycles. The number of aliphatic hydroxyl groups is 2. The van der Waals surface area contributed by atoms with Crippen LogP contribution in [0.2, 0.25) is 5.28 Å². The number of hydrogen-bond acceptors (Lipinski definition) is 9. The number of hydrogen-bond donors (Lipinski definition) is 5. The van der Waals surface area contributed by atoms with E-state index < -0.39 is 44.4 Å². The number of imidazole rings is 1. The van der Waals surface area contributed by atoms with E-state index in [-0.39, 0.29) is 45.6 Å². The van der Waals surface area contributed by atoms with Gasteiger partial charge in [-0.15, -0.1) is 0 Å². The van der Waals surface area contributed by atoms with Gasteiger partial charge in [-0.2, -0.15) is 9.97 Å². The predicted octanol–water partition coefficient (Wildman–Crippen LogP) is 2.43. The molecule has 3 aliphatic rings. The molecule has 0 spiro atoms. The topological polar surface area (TPSA) is 189 Å². The van der Waals surface area contributed by atoms with E-state index in [1.54, 1.807) is 0 Å². The van der Waals surface area contributed by atoms with Gasteiger partial charge >= 0.3 is 13.7 Å². The van der Waals surface area contributed by atoms with Crippen LogP contribution in [-0.4, -0.2) is 76.2 Å². The Hall–Kier alpha value is -1.86. The highest BCUT2D eigenvalue weighted by molar-refractivity contribution is 7.51. The van der Waals surface area contributed by atoms with Crippen LogP contribution < -0.4 is 5.32 Å². The van der Waals surface area contributed by atoms with E-state index in [0.29, 0.717) is 5.92 Å². The van der Waals surface area contributed by atoms with Crippen molar-refractivity contribution in [3.63, 3.8) is 0 Å². The van der Waals surface area contributed by atoms with E-state index in [1.165, 1.54) is 10.9 Å². The number of fused-ring (bicyclic) bond motifs is 3. The molecule has 5 N–H and O–H groups in total. The SMILES string of the molecule is CC1(C)[C@@H]2CC[C@@]1(C)C(OC(=O)Nc1nc(Cl)nc3c1ncn3[C@@H]1O[C@H](CCP(=O)(O)O)C(O)C1O)C2. The van der Waals surface area contributed by atoms with Crippen LogP contribution >= 0.6 is 19.2 Å². The number of ether oxygens (including phenoxy) is 2. The molecule has 2 aromatic heterocycles. The molecule has 2 saturated carbocycles. The number of nitrogens with one attached hydrogen (secondary N) is 1. The van der Waals surface area contributed by atoms with Gasteiger partial charge in [0.05, 0.1) is 18.6 Å². The third-order valence-corrected chi connectivity index (χ3v) is 9.90. The van der Waals surface area contributed by atoms with Gasteiger partial charge in [-0.3, -0.25) is 14.4 Å². The van der Waals surface area contributed by atoms with Crippen molar-refractivity contribution in [2.75, 3.05) is 11.5 Å². The number of nitrogens with zero attached hydrogens (tertiary/aromatic N) is 4. The fourth-order valence-corrected chi connectivity index (χ4v) is 6.98. The maximum atomic E-state index is 12.9. The van der Waals surface area contributed by atoms with E-state index in [2.05, 4.69) is 41.0 Å². The number of halogens is 1. The zero-order valence-corrected chi connectivity index (χ0v) is 22.3. The van der Waals surface area contributed by atoms with Crippen LogP contribution in [0.3, 0.4) is 0 Å². The van der Waals surface area contributed by atoms with Crippen molar-refractivity contribution in [2.45, 2.75) is 77.1 Å². The summed E-state index contributed by atoms with van der Waals surface area (Å²) in [5.41, 5.74) is 0.223.